The van der Waals surface area contributed by atoms with E-state index in [-0.39, 0.29) is 23.8 Å². The number of nitrogens with zero attached hydrogens (tertiary/aromatic N) is 1. The second-order valence-corrected chi connectivity index (χ2v) is 19.9. The number of thioether (sulfide) groups is 2. The van der Waals surface area contributed by atoms with Gasteiger partial charge < -0.3 is 39.2 Å². The zero-order chi connectivity index (χ0) is 42.4. The molecule has 58 heavy (non-hydrogen) atoms. The molecule has 1 heterocycles. The van der Waals surface area contributed by atoms with Crippen molar-refractivity contribution in [2.75, 3.05) is 25.7 Å². The molecule has 2 aliphatic rings. The molecule has 5 rings (SSSR count). The number of rotatable bonds is 19. The molecule has 1 aliphatic carbocycles. The summed E-state index contributed by atoms with van der Waals surface area (Å²) in [7, 11) is -4.16. The van der Waals surface area contributed by atoms with Crippen molar-refractivity contribution < 1.29 is 47.4 Å². The average Bonchev–Trinajstić information content (AvgIpc) is 3.47. The first kappa shape index (κ1) is 44.8. The number of hydrogen-bond donors (Lipinski definition) is 3. The second kappa shape index (κ2) is 18.7. The van der Waals surface area contributed by atoms with Crippen LogP contribution in [0.1, 0.15) is 60.8 Å². The lowest BCUT2D eigenvalue weighted by Crippen LogP contribution is -2.60. The summed E-state index contributed by atoms with van der Waals surface area (Å²) in [5.41, 5.74) is -1.01. The maximum Gasteiger partial charge on any atom is 0.452 e. The Labute approximate surface area is 349 Å². The number of carbonyl (C=O) groups excluding carboxylic acids is 3. The normalized spacial score (nSPS) is 19.2. The van der Waals surface area contributed by atoms with Crippen molar-refractivity contribution in [1.82, 2.24) is 15.5 Å². The van der Waals surface area contributed by atoms with Gasteiger partial charge in [-0.3, -0.25) is 14.4 Å². The van der Waals surface area contributed by atoms with E-state index in [1.165, 1.54) is 12.1 Å². The minimum Gasteiger partial charge on any atom is -0.484 e. The van der Waals surface area contributed by atoms with Gasteiger partial charge in [-0.25, -0.2) is 9.36 Å². The van der Waals surface area contributed by atoms with Gasteiger partial charge in [0.1, 0.15) is 35.1 Å². The van der Waals surface area contributed by atoms with Crippen LogP contribution in [0.4, 0.5) is 0 Å². The number of aliphatic carboxylic acids is 1. The van der Waals surface area contributed by atoms with Gasteiger partial charge in [-0.1, -0.05) is 48.0 Å². The molecule has 314 valence electrons. The molecule has 1 saturated carbocycles. The van der Waals surface area contributed by atoms with Crippen LogP contribution in [0.25, 0.3) is 0 Å². The third-order valence-electron chi connectivity index (χ3n) is 10.5. The molecule has 3 N–H and O–H groups in total. The first-order valence-corrected chi connectivity index (χ1v) is 23.2. The summed E-state index contributed by atoms with van der Waals surface area (Å²) in [6, 6.07) is 18.3. The number of ether oxygens (including phenoxy) is 2. The van der Waals surface area contributed by atoms with Crippen molar-refractivity contribution in [2.24, 2.45) is 16.7 Å². The molecule has 1 saturated heterocycles. The summed E-state index contributed by atoms with van der Waals surface area (Å²) in [4.78, 5) is 57.0. The van der Waals surface area contributed by atoms with Crippen molar-refractivity contribution in [3.05, 3.63) is 72.8 Å². The van der Waals surface area contributed by atoms with Crippen LogP contribution >= 0.6 is 31.1 Å². The molecular weight excluding hydrogens is 802 g/mol. The van der Waals surface area contributed by atoms with Gasteiger partial charge in [-0.15, -0.1) is 23.5 Å². The molecule has 13 nitrogen and oxygen atoms in total. The van der Waals surface area contributed by atoms with E-state index in [9.17, 15) is 19.2 Å². The molecule has 0 bridgehead atoms. The van der Waals surface area contributed by atoms with Gasteiger partial charge in [0.15, 0.2) is 19.0 Å². The third-order valence-corrected chi connectivity index (χ3v) is 14.0. The van der Waals surface area contributed by atoms with Gasteiger partial charge in [0.05, 0.1) is 0 Å². The van der Waals surface area contributed by atoms with Crippen LogP contribution in [0.2, 0.25) is 0 Å². The number of likely N-dealkylation sites (tertiary alicyclic amines) is 1. The van der Waals surface area contributed by atoms with E-state index < -0.39 is 67.8 Å². The van der Waals surface area contributed by atoms with Crippen molar-refractivity contribution >= 4 is 54.8 Å². The van der Waals surface area contributed by atoms with Crippen LogP contribution in [0, 0.1) is 16.7 Å². The Morgan fingerprint density at radius 1 is 0.828 bits per heavy atom. The molecule has 0 unspecified atom stereocenters. The molecule has 3 aromatic rings. The minimum atomic E-state index is -4.16. The van der Waals surface area contributed by atoms with Gasteiger partial charge in [0, 0.05) is 15.8 Å². The summed E-state index contributed by atoms with van der Waals surface area (Å²) in [6.45, 7) is 10.7. The number of carboxylic acids is 1. The highest BCUT2D eigenvalue weighted by atomic mass is 32.2. The maximum absolute atomic E-state index is 15.1. The summed E-state index contributed by atoms with van der Waals surface area (Å²) >= 11 is 3.12. The fraction of sp³-hybridized carbons (Fsp3) is 0.476. The van der Waals surface area contributed by atoms with Crippen LogP contribution in [0.15, 0.2) is 82.6 Å². The molecule has 16 heteroatoms. The summed E-state index contributed by atoms with van der Waals surface area (Å²) in [5, 5.41) is 14.7. The van der Waals surface area contributed by atoms with Crippen molar-refractivity contribution in [1.29, 1.82) is 0 Å². The molecule has 0 radical (unpaired) electrons. The van der Waals surface area contributed by atoms with E-state index in [0.717, 1.165) is 9.79 Å². The first-order chi connectivity index (χ1) is 27.4. The van der Waals surface area contributed by atoms with E-state index in [1.54, 1.807) is 64.8 Å². The number of hydrogen-bond acceptors (Lipinski definition) is 11. The number of benzene rings is 3. The zero-order valence-corrected chi connectivity index (χ0v) is 36.7. The first-order valence-electron chi connectivity index (χ1n) is 19.2. The van der Waals surface area contributed by atoms with Crippen molar-refractivity contribution in [2.45, 2.75) is 94.5 Å². The monoisotopic (exact) mass is 855 g/mol. The molecule has 3 amide bonds. The second-order valence-electron chi connectivity index (χ2n) is 16.1. The van der Waals surface area contributed by atoms with Crippen LogP contribution in [0.3, 0.4) is 0 Å². The standard InChI is InChI=1S/C42H54N3O10PS2/c1-9-10-35(56(51,54-28-15-19-30(57-7)20-16-28)55-29-17-21-31(58-8)22-18-29)44-39(49)33-23-32-38(42(32,5)6)45(33)40(50)37(41(2,3)4)43-34(46)24-52-26-11-13-27(14-12-26)53-25-36(47)48/h11-22,32-33,35,37-38H,9-10,23-25H2,1-8H3,(H,43,46)(H,44,49)(H,47,48)/t32-,33-,35+,37+,38+/m0/s1. The molecule has 1 aliphatic heterocycles. The van der Waals surface area contributed by atoms with Crippen LogP contribution in [0.5, 0.6) is 23.0 Å². The third kappa shape index (κ3) is 10.8. The number of piperidine rings is 1. The number of carboxylic acid groups (broad SMARTS) is 1. The lowest BCUT2D eigenvalue weighted by atomic mass is 9.85. The quantitative estimate of drug-likeness (QED) is 0.0794. The van der Waals surface area contributed by atoms with Crippen LogP contribution in [-0.4, -0.2) is 83.3 Å². The predicted octanol–water partition coefficient (Wildman–Crippen LogP) is 7.72. The van der Waals surface area contributed by atoms with Crippen molar-refractivity contribution in [3.8, 4) is 23.0 Å². The number of amides is 3. The largest absolute Gasteiger partial charge is 0.484 e. The molecule has 0 spiro atoms. The Balaban J connectivity index is 1.36. The van der Waals surface area contributed by atoms with Crippen LogP contribution in [-0.2, 0) is 23.7 Å². The topological polar surface area (TPSA) is 170 Å². The molecule has 0 aromatic heterocycles. The molecule has 2 fully saturated rings. The summed E-state index contributed by atoms with van der Waals surface area (Å²) in [6.07, 6.45) is 5.12. The van der Waals surface area contributed by atoms with E-state index in [1.807, 2.05) is 64.5 Å². The van der Waals surface area contributed by atoms with Gasteiger partial charge in [-0.2, -0.15) is 0 Å². The highest BCUT2D eigenvalue weighted by molar-refractivity contribution is 7.98. The smallest absolute Gasteiger partial charge is 0.452 e. The van der Waals surface area contributed by atoms with Gasteiger partial charge >= 0.3 is 13.6 Å². The Kier molecular flexibility index (Phi) is 14.4. The van der Waals surface area contributed by atoms with E-state index in [2.05, 4.69) is 24.5 Å². The highest BCUT2D eigenvalue weighted by Gasteiger charge is 2.69. The minimum absolute atomic E-state index is 0.0446. The fourth-order valence-electron chi connectivity index (χ4n) is 7.25. The van der Waals surface area contributed by atoms with Gasteiger partial charge in [0.25, 0.3) is 5.91 Å². The number of fused-ring (bicyclic) bond motifs is 1. The zero-order valence-electron chi connectivity index (χ0n) is 34.2. The number of nitrogens with one attached hydrogen (secondary N) is 2. The number of carbonyl (C=O) groups is 4. The summed E-state index contributed by atoms with van der Waals surface area (Å²) in [5.74, 6) is -2.21. The fourth-order valence-corrected chi connectivity index (χ4v) is 10.1. The Bertz CT molecular complexity index is 1920. The Hall–Kier alpha value is -4.33. The van der Waals surface area contributed by atoms with E-state index >= 15 is 4.57 Å². The lowest BCUT2D eigenvalue weighted by molar-refractivity contribution is -0.146. The van der Waals surface area contributed by atoms with Gasteiger partial charge in [-0.05, 0) is 115 Å². The highest BCUT2D eigenvalue weighted by Crippen LogP contribution is 2.63. The SMILES string of the molecule is CCC[C@H](NC(=O)[C@@H]1C[C@H]2[C@@H](N1C(=O)[C@@H](NC(=O)COc1ccc(OCC(=O)O)cc1)C(C)(C)C)C2(C)C)P(=O)(Oc1ccc(SC)cc1)Oc1ccc(SC)cc1. The predicted molar refractivity (Wildman–Crippen MR) is 225 cm³/mol. The average molecular weight is 856 g/mol. The molecule has 5 atom stereocenters. The van der Waals surface area contributed by atoms with Crippen molar-refractivity contribution in [3.63, 3.8) is 0 Å². The molecule has 3 aromatic carbocycles. The van der Waals surface area contributed by atoms with Gasteiger partial charge in [0.2, 0.25) is 11.8 Å². The maximum atomic E-state index is 15.1. The Morgan fingerprint density at radius 2 is 1.31 bits per heavy atom. The Morgan fingerprint density at radius 3 is 1.76 bits per heavy atom. The molecular formula is C42H54N3O10PS2. The lowest BCUT2D eigenvalue weighted by Gasteiger charge is -2.38. The van der Waals surface area contributed by atoms with E-state index in [0.29, 0.717) is 35.8 Å². The van der Waals surface area contributed by atoms with E-state index in [4.69, 9.17) is 23.6 Å². The van der Waals surface area contributed by atoms with Crippen LogP contribution < -0.4 is 29.2 Å². The summed E-state index contributed by atoms with van der Waals surface area (Å²) < 4.78 is 38.3.